The summed E-state index contributed by atoms with van der Waals surface area (Å²) in [7, 11) is 1.60. The van der Waals surface area contributed by atoms with E-state index in [4.69, 9.17) is 21.3 Å². The summed E-state index contributed by atoms with van der Waals surface area (Å²) in [6.07, 6.45) is 0. The zero-order valence-corrected chi connectivity index (χ0v) is 18.8. The van der Waals surface area contributed by atoms with Gasteiger partial charge in [0.25, 0.3) is 5.91 Å². The molecular formula is C22H26ClN3O2S. The highest BCUT2D eigenvalue weighted by Crippen LogP contribution is 2.33. The Morgan fingerprint density at radius 3 is 2.62 bits per heavy atom. The molecule has 1 aromatic heterocycles. The number of carbonyl (C=O) groups excluding carboxylic acids is 1. The van der Waals surface area contributed by atoms with Crippen molar-refractivity contribution in [2.45, 2.75) is 20.8 Å². The van der Waals surface area contributed by atoms with Gasteiger partial charge in [-0.25, -0.2) is 4.98 Å². The van der Waals surface area contributed by atoms with Gasteiger partial charge in [0.2, 0.25) is 0 Å². The number of amides is 1. The summed E-state index contributed by atoms with van der Waals surface area (Å²) < 4.78 is 6.28. The summed E-state index contributed by atoms with van der Waals surface area (Å²) in [5, 5.41) is 1.37. The van der Waals surface area contributed by atoms with Crippen LogP contribution < -0.4 is 9.64 Å². The molecule has 2 aromatic carbocycles. The van der Waals surface area contributed by atoms with Crippen molar-refractivity contribution in [3.63, 3.8) is 0 Å². The summed E-state index contributed by atoms with van der Waals surface area (Å²) in [4.78, 5) is 22.3. The van der Waals surface area contributed by atoms with Crippen LogP contribution in [0.25, 0.3) is 10.2 Å². The first kappa shape index (κ1) is 21.6. The number of aryl methyl sites for hydroxylation is 1. The van der Waals surface area contributed by atoms with Crippen molar-refractivity contribution in [3.8, 4) is 5.75 Å². The Morgan fingerprint density at radius 2 is 1.93 bits per heavy atom. The minimum Gasteiger partial charge on any atom is -0.497 e. The molecule has 5 nitrogen and oxygen atoms in total. The zero-order chi connectivity index (χ0) is 21.0. The van der Waals surface area contributed by atoms with E-state index in [2.05, 4.69) is 18.7 Å². The van der Waals surface area contributed by atoms with Crippen LogP contribution in [0.2, 0.25) is 5.02 Å². The third kappa shape index (κ3) is 4.89. The van der Waals surface area contributed by atoms with Crippen LogP contribution in [0.15, 0.2) is 36.4 Å². The predicted octanol–water partition coefficient (Wildman–Crippen LogP) is 5.26. The normalized spacial score (nSPS) is 11.2. The number of likely N-dealkylation sites (N-methyl/N-ethyl adjacent to an activating group) is 1. The smallest absolute Gasteiger partial charge is 0.260 e. The number of fused-ring (bicyclic) bond motifs is 1. The number of thiazole rings is 1. The molecule has 0 N–H and O–H groups in total. The second-order valence-electron chi connectivity index (χ2n) is 6.78. The van der Waals surface area contributed by atoms with Gasteiger partial charge in [0.15, 0.2) is 5.13 Å². The zero-order valence-electron chi connectivity index (χ0n) is 17.2. The highest BCUT2D eigenvalue weighted by molar-refractivity contribution is 7.22. The molecule has 0 saturated carbocycles. The summed E-state index contributed by atoms with van der Waals surface area (Å²) in [6.45, 7) is 9.45. The summed E-state index contributed by atoms with van der Waals surface area (Å²) in [5.41, 5.74) is 2.48. The Kier molecular flexibility index (Phi) is 7.11. The molecule has 0 atom stereocenters. The third-order valence-corrected chi connectivity index (χ3v) is 6.21. The average Bonchev–Trinajstić information content (AvgIpc) is 3.15. The number of anilines is 1. The molecule has 1 amide bonds. The molecular weight excluding hydrogens is 406 g/mol. The van der Waals surface area contributed by atoms with Crippen molar-refractivity contribution in [1.82, 2.24) is 9.88 Å². The maximum atomic E-state index is 13.4. The Hall–Kier alpha value is -2.15. The number of benzene rings is 2. The molecule has 0 unspecified atom stereocenters. The fourth-order valence-electron chi connectivity index (χ4n) is 3.24. The molecule has 0 bridgehead atoms. The van der Waals surface area contributed by atoms with Gasteiger partial charge in [-0.2, -0.15) is 0 Å². The number of hydrogen-bond acceptors (Lipinski definition) is 5. The number of methoxy groups -OCH3 is 1. The molecule has 7 heteroatoms. The van der Waals surface area contributed by atoms with Crippen molar-refractivity contribution in [2.24, 2.45) is 0 Å². The van der Waals surface area contributed by atoms with Gasteiger partial charge in [-0.15, -0.1) is 0 Å². The average molecular weight is 432 g/mol. The van der Waals surface area contributed by atoms with Crippen LogP contribution in [0.4, 0.5) is 5.13 Å². The first-order chi connectivity index (χ1) is 14.0. The molecule has 0 saturated heterocycles. The van der Waals surface area contributed by atoms with E-state index < -0.39 is 0 Å². The first-order valence-corrected chi connectivity index (χ1v) is 10.9. The molecule has 29 heavy (non-hydrogen) atoms. The van der Waals surface area contributed by atoms with Crippen LogP contribution >= 0.6 is 22.9 Å². The lowest BCUT2D eigenvalue weighted by Crippen LogP contribution is -2.38. The highest BCUT2D eigenvalue weighted by atomic mass is 35.5. The maximum absolute atomic E-state index is 13.4. The maximum Gasteiger partial charge on any atom is 0.260 e. The van der Waals surface area contributed by atoms with Crippen LogP contribution in [0, 0.1) is 6.92 Å². The second-order valence-corrected chi connectivity index (χ2v) is 8.23. The van der Waals surface area contributed by atoms with Gasteiger partial charge in [-0.3, -0.25) is 9.69 Å². The van der Waals surface area contributed by atoms with Gasteiger partial charge in [-0.1, -0.05) is 42.9 Å². The predicted molar refractivity (Wildman–Crippen MR) is 122 cm³/mol. The monoisotopic (exact) mass is 431 g/mol. The minimum absolute atomic E-state index is 0.0844. The van der Waals surface area contributed by atoms with Gasteiger partial charge < -0.3 is 9.64 Å². The molecule has 3 aromatic rings. The van der Waals surface area contributed by atoms with Crippen LogP contribution in [-0.4, -0.2) is 49.1 Å². The third-order valence-electron chi connectivity index (χ3n) is 4.97. The van der Waals surface area contributed by atoms with Gasteiger partial charge in [-0.05, 0) is 55.9 Å². The number of nitrogens with zero attached hydrogens (tertiary/aromatic N) is 3. The van der Waals surface area contributed by atoms with Crippen LogP contribution in [0.5, 0.6) is 5.75 Å². The van der Waals surface area contributed by atoms with Gasteiger partial charge in [0, 0.05) is 23.7 Å². The SMILES string of the molecule is CCN(CC)CCN(C(=O)c1cccc(OC)c1)c1nc2c(C)cc(Cl)cc2s1. The molecule has 0 fully saturated rings. The van der Waals surface area contributed by atoms with E-state index in [1.165, 1.54) is 11.3 Å². The van der Waals surface area contributed by atoms with E-state index in [1.807, 2.05) is 37.3 Å². The van der Waals surface area contributed by atoms with Crippen LogP contribution in [-0.2, 0) is 0 Å². The van der Waals surface area contributed by atoms with E-state index >= 15 is 0 Å². The summed E-state index contributed by atoms with van der Waals surface area (Å²) in [5.74, 6) is 0.574. The molecule has 0 aliphatic carbocycles. The molecule has 0 aliphatic heterocycles. The van der Waals surface area contributed by atoms with E-state index in [0.29, 0.717) is 28.0 Å². The van der Waals surface area contributed by atoms with E-state index in [9.17, 15) is 4.79 Å². The topological polar surface area (TPSA) is 45.7 Å². The van der Waals surface area contributed by atoms with Crippen molar-refractivity contribution in [3.05, 3.63) is 52.5 Å². The molecule has 154 valence electrons. The number of ether oxygens (including phenoxy) is 1. The molecule has 3 rings (SSSR count). The highest BCUT2D eigenvalue weighted by Gasteiger charge is 2.23. The molecule has 0 spiro atoms. The Balaban J connectivity index is 2.00. The van der Waals surface area contributed by atoms with Crippen molar-refractivity contribution >= 4 is 44.2 Å². The van der Waals surface area contributed by atoms with E-state index in [-0.39, 0.29) is 5.91 Å². The van der Waals surface area contributed by atoms with Gasteiger partial charge in [0.1, 0.15) is 5.75 Å². The van der Waals surface area contributed by atoms with Crippen molar-refractivity contribution in [2.75, 3.05) is 38.2 Å². The Morgan fingerprint density at radius 1 is 1.17 bits per heavy atom. The number of rotatable bonds is 8. The number of halogens is 1. The second kappa shape index (κ2) is 9.57. The number of hydrogen-bond donors (Lipinski definition) is 0. The number of carbonyl (C=O) groups is 1. The Labute approximate surface area is 180 Å². The largest absolute Gasteiger partial charge is 0.497 e. The number of aromatic nitrogens is 1. The first-order valence-electron chi connectivity index (χ1n) is 9.71. The van der Waals surface area contributed by atoms with Gasteiger partial charge >= 0.3 is 0 Å². The minimum atomic E-state index is -0.0844. The lowest BCUT2D eigenvalue weighted by molar-refractivity contribution is 0.0983. The summed E-state index contributed by atoms with van der Waals surface area (Å²) in [6, 6.07) is 11.0. The summed E-state index contributed by atoms with van der Waals surface area (Å²) >= 11 is 7.72. The fraction of sp³-hybridized carbons (Fsp3) is 0.364. The molecule has 0 radical (unpaired) electrons. The van der Waals surface area contributed by atoms with E-state index in [1.54, 1.807) is 18.1 Å². The lowest BCUT2D eigenvalue weighted by atomic mass is 10.2. The lowest BCUT2D eigenvalue weighted by Gasteiger charge is -2.24. The van der Waals surface area contributed by atoms with E-state index in [0.717, 1.165) is 35.4 Å². The molecule has 1 heterocycles. The van der Waals surface area contributed by atoms with Crippen LogP contribution in [0.1, 0.15) is 29.8 Å². The Bertz CT molecular complexity index is 1000. The fourth-order valence-corrected chi connectivity index (χ4v) is 4.68. The standard InChI is InChI=1S/C22H26ClN3O2S/c1-5-25(6-2)10-11-26(21(27)16-8-7-9-18(13-16)28-4)22-24-20-15(3)12-17(23)14-19(20)29-22/h7-9,12-14H,5-6,10-11H2,1-4H3. The van der Waals surface area contributed by atoms with Crippen molar-refractivity contribution < 1.29 is 9.53 Å². The quantitative estimate of drug-likeness (QED) is 0.488. The van der Waals surface area contributed by atoms with Crippen molar-refractivity contribution in [1.29, 1.82) is 0 Å². The van der Waals surface area contributed by atoms with Crippen LogP contribution in [0.3, 0.4) is 0 Å². The van der Waals surface area contributed by atoms with Gasteiger partial charge in [0.05, 0.1) is 17.3 Å². The molecule has 0 aliphatic rings.